The van der Waals surface area contributed by atoms with Crippen LogP contribution in [0.25, 0.3) is 10.8 Å². The normalized spacial score (nSPS) is 12.2. The molecule has 0 saturated carbocycles. The van der Waals surface area contributed by atoms with Crippen molar-refractivity contribution in [1.82, 2.24) is 4.31 Å². The molecule has 3 aromatic rings. The molecule has 0 aliphatic heterocycles. The van der Waals surface area contributed by atoms with Gasteiger partial charge in [-0.15, -0.1) is 0 Å². The van der Waals surface area contributed by atoms with Crippen molar-refractivity contribution in [3.63, 3.8) is 0 Å². The van der Waals surface area contributed by atoms with Gasteiger partial charge in [0.25, 0.3) is 5.69 Å². The predicted octanol–water partition coefficient (Wildman–Crippen LogP) is 4.62. The van der Waals surface area contributed by atoms with Crippen molar-refractivity contribution in [3.8, 4) is 5.75 Å². The van der Waals surface area contributed by atoms with Crippen LogP contribution in [0, 0.1) is 10.1 Å². The van der Waals surface area contributed by atoms with Crippen molar-refractivity contribution in [1.29, 1.82) is 0 Å². The largest absolute Gasteiger partial charge is 0.497 e. The van der Waals surface area contributed by atoms with E-state index >= 15 is 0 Å². The van der Waals surface area contributed by atoms with Crippen LogP contribution in [-0.2, 0) is 10.0 Å². The van der Waals surface area contributed by atoms with Crippen LogP contribution in [0.15, 0.2) is 64.6 Å². The van der Waals surface area contributed by atoms with Crippen molar-refractivity contribution < 1.29 is 18.1 Å². The summed E-state index contributed by atoms with van der Waals surface area (Å²) in [5, 5.41) is 17.6. The van der Waals surface area contributed by atoms with Gasteiger partial charge in [0.15, 0.2) is 0 Å². The Hall–Kier alpha value is -3.50. The second-order valence-electron chi connectivity index (χ2n) is 7.26. The molecular weight excluding hydrogens is 444 g/mol. The molecule has 0 atom stereocenters. The van der Waals surface area contributed by atoms with Crippen molar-refractivity contribution in [2.45, 2.75) is 25.7 Å². The number of fused-ring (bicyclic) bond motifs is 1. The quantitative estimate of drug-likeness (QED) is 0.277. The van der Waals surface area contributed by atoms with Gasteiger partial charge in [-0.25, -0.2) is 8.42 Å². The molecule has 0 saturated heterocycles. The molecule has 1 N–H and O–H groups in total. The fourth-order valence-corrected chi connectivity index (χ4v) is 5.04. The summed E-state index contributed by atoms with van der Waals surface area (Å²) in [4.78, 5) is 10.4. The number of benzene rings is 3. The Balaban J connectivity index is 1.98. The van der Waals surface area contributed by atoms with Crippen LogP contribution >= 0.6 is 0 Å². The summed E-state index contributed by atoms with van der Waals surface area (Å²) in [7, 11) is -2.33. The highest BCUT2D eigenvalue weighted by Crippen LogP contribution is 2.29. The fourth-order valence-electron chi connectivity index (χ4n) is 3.42. The Labute approximate surface area is 192 Å². The van der Waals surface area contributed by atoms with Gasteiger partial charge in [0.05, 0.1) is 23.4 Å². The van der Waals surface area contributed by atoms with Crippen LogP contribution in [0.1, 0.15) is 26.3 Å². The minimum atomic E-state index is -3.95. The summed E-state index contributed by atoms with van der Waals surface area (Å²) in [5.41, 5.74) is 4.11. The minimum absolute atomic E-state index is 0.164. The average Bonchev–Trinajstić information content (AvgIpc) is 2.82. The van der Waals surface area contributed by atoms with Crippen LogP contribution in [0.2, 0.25) is 0 Å². The van der Waals surface area contributed by atoms with E-state index in [4.69, 9.17) is 4.74 Å². The Morgan fingerprint density at radius 2 is 1.73 bits per heavy atom. The summed E-state index contributed by atoms with van der Waals surface area (Å²) in [6.07, 6.45) is 0. The van der Waals surface area contributed by atoms with Crippen molar-refractivity contribution in [3.05, 3.63) is 70.3 Å². The van der Waals surface area contributed by atoms with E-state index in [2.05, 4.69) is 10.5 Å². The Morgan fingerprint density at radius 1 is 1.06 bits per heavy atom. The van der Waals surface area contributed by atoms with Gasteiger partial charge in [-0.05, 0) is 47.5 Å². The lowest BCUT2D eigenvalue weighted by Crippen LogP contribution is -2.31. The summed E-state index contributed by atoms with van der Waals surface area (Å²) < 4.78 is 32.7. The number of ether oxygens (including phenoxy) is 1. The molecule has 0 bridgehead atoms. The smallest absolute Gasteiger partial charge is 0.270 e. The van der Waals surface area contributed by atoms with Crippen molar-refractivity contribution in [2.24, 2.45) is 5.10 Å². The summed E-state index contributed by atoms with van der Waals surface area (Å²) in [6, 6.07) is 15.3. The number of hydrazone groups is 1. The topological polar surface area (TPSA) is 114 Å². The Bertz CT molecular complexity index is 1320. The zero-order chi connectivity index (χ0) is 24.2. The molecule has 0 fully saturated rings. The third-order valence-electron chi connectivity index (χ3n) is 5.31. The first-order valence-electron chi connectivity index (χ1n) is 10.4. The number of non-ortho nitro benzene ring substituents is 1. The van der Waals surface area contributed by atoms with E-state index in [0.717, 1.165) is 28.2 Å². The maximum absolute atomic E-state index is 13.1. The SMILES string of the molecule is CCN(CC)S(=O)(=O)c1cc([N+](=O)[O-])ccc1NN=C(C)c1ccc2cc(OC)ccc2c1. The van der Waals surface area contributed by atoms with Gasteiger partial charge in [-0.3, -0.25) is 15.5 Å². The fraction of sp³-hybridized carbons (Fsp3) is 0.261. The van der Waals surface area contributed by atoms with Crippen molar-refractivity contribution in [2.75, 3.05) is 25.6 Å². The van der Waals surface area contributed by atoms with E-state index in [1.165, 1.54) is 16.4 Å². The molecule has 0 heterocycles. The van der Waals surface area contributed by atoms with Gasteiger partial charge in [-0.2, -0.15) is 9.41 Å². The maximum atomic E-state index is 13.1. The van der Waals surface area contributed by atoms with E-state index in [1.807, 2.05) is 36.4 Å². The average molecular weight is 471 g/mol. The highest BCUT2D eigenvalue weighted by molar-refractivity contribution is 7.89. The van der Waals surface area contributed by atoms with Gasteiger partial charge in [0.2, 0.25) is 10.0 Å². The third-order valence-corrected chi connectivity index (χ3v) is 7.40. The van der Waals surface area contributed by atoms with Crippen LogP contribution in [0.4, 0.5) is 11.4 Å². The molecule has 0 aromatic heterocycles. The molecule has 3 rings (SSSR count). The Morgan fingerprint density at radius 3 is 2.36 bits per heavy atom. The zero-order valence-electron chi connectivity index (χ0n) is 18.9. The molecule has 10 heteroatoms. The highest BCUT2D eigenvalue weighted by atomic mass is 32.2. The first kappa shape index (κ1) is 24.1. The third kappa shape index (κ3) is 5.12. The molecule has 0 aliphatic rings. The predicted molar refractivity (Wildman–Crippen MR) is 130 cm³/mol. The van der Waals surface area contributed by atoms with E-state index in [-0.39, 0.29) is 29.4 Å². The summed E-state index contributed by atoms with van der Waals surface area (Å²) >= 11 is 0. The molecular formula is C23H26N4O5S. The molecule has 0 amide bonds. The number of methoxy groups -OCH3 is 1. The van der Waals surface area contributed by atoms with Crippen LogP contribution < -0.4 is 10.2 Å². The van der Waals surface area contributed by atoms with E-state index in [9.17, 15) is 18.5 Å². The van der Waals surface area contributed by atoms with Crippen LogP contribution in [0.5, 0.6) is 5.75 Å². The number of nitro benzene ring substituents is 1. The molecule has 0 aliphatic carbocycles. The number of hydrogen-bond acceptors (Lipinski definition) is 7. The van der Waals surface area contributed by atoms with Gasteiger partial charge in [-0.1, -0.05) is 32.0 Å². The molecule has 33 heavy (non-hydrogen) atoms. The second kappa shape index (κ2) is 9.97. The number of nitro groups is 1. The standard InChI is InChI=1S/C23H26N4O5S/c1-5-26(6-2)33(30,31)23-15-20(27(28)29)10-12-22(23)25-24-16(3)17-7-8-19-14-21(32-4)11-9-18(19)13-17/h7-15,25H,5-6H2,1-4H3. The monoisotopic (exact) mass is 470 g/mol. The molecule has 9 nitrogen and oxygen atoms in total. The number of nitrogens with one attached hydrogen (secondary N) is 1. The number of anilines is 1. The van der Waals surface area contributed by atoms with Gasteiger partial charge in [0.1, 0.15) is 10.6 Å². The molecule has 0 unspecified atom stereocenters. The van der Waals surface area contributed by atoms with Crippen molar-refractivity contribution >= 4 is 37.9 Å². The minimum Gasteiger partial charge on any atom is -0.497 e. The first-order valence-corrected chi connectivity index (χ1v) is 11.8. The highest BCUT2D eigenvalue weighted by Gasteiger charge is 2.27. The molecule has 0 spiro atoms. The maximum Gasteiger partial charge on any atom is 0.270 e. The zero-order valence-corrected chi connectivity index (χ0v) is 19.7. The lowest BCUT2D eigenvalue weighted by atomic mass is 10.0. The lowest BCUT2D eigenvalue weighted by Gasteiger charge is -2.20. The number of sulfonamides is 1. The molecule has 3 aromatic carbocycles. The first-order chi connectivity index (χ1) is 15.7. The summed E-state index contributed by atoms with van der Waals surface area (Å²) in [6.45, 7) is 5.70. The van der Waals surface area contributed by atoms with E-state index in [0.29, 0.717) is 5.71 Å². The number of rotatable bonds is 9. The Kier molecular flexibility index (Phi) is 7.29. The van der Waals surface area contributed by atoms with Crippen LogP contribution in [0.3, 0.4) is 0 Å². The van der Waals surface area contributed by atoms with Gasteiger partial charge in [0, 0.05) is 25.2 Å². The summed E-state index contributed by atoms with van der Waals surface area (Å²) in [5.74, 6) is 0.766. The lowest BCUT2D eigenvalue weighted by molar-refractivity contribution is -0.385. The number of nitrogens with zero attached hydrogens (tertiary/aromatic N) is 3. The molecule has 174 valence electrons. The van der Waals surface area contributed by atoms with E-state index in [1.54, 1.807) is 27.9 Å². The number of hydrogen-bond donors (Lipinski definition) is 1. The van der Waals surface area contributed by atoms with Crippen LogP contribution in [-0.4, -0.2) is 43.6 Å². The van der Waals surface area contributed by atoms with Gasteiger partial charge >= 0.3 is 0 Å². The van der Waals surface area contributed by atoms with E-state index < -0.39 is 14.9 Å². The molecule has 0 radical (unpaired) electrons. The van der Waals surface area contributed by atoms with Gasteiger partial charge < -0.3 is 4.74 Å². The second-order valence-corrected chi connectivity index (χ2v) is 9.17.